The quantitative estimate of drug-likeness (QED) is 0.337. The minimum absolute atomic E-state index is 0.00213. The van der Waals surface area contributed by atoms with E-state index in [1.807, 2.05) is 30.3 Å². The minimum Gasteiger partial charge on any atom is -0.445 e. The number of hydrogen-bond acceptors (Lipinski definition) is 9. The largest absolute Gasteiger partial charge is 0.445 e. The van der Waals surface area contributed by atoms with Crippen LogP contribution in [0.25, 0.3) is 0 Å². The highest BCUT2D eigenvalue weighted by atomic mass is 32.1. The van der Waals surface area contributed by atoms with Crippen LogP contribution in [-0.4, -0.2) is 57.9 Å². The van der Waals surface area contributed by atoms with Crippen molar-refractivity contribution in [1.82, 2.24) is 31.5 Å². The van der Waals surface area contributed by atoms with Gasteiger partial charge in [0.1, 0.15) is 34.7 Å². The van der Waals surface area contributed by atoms with Gasteiger partial charge in [-0.2, -0.15) is 0 Å². The van der Waals surface area contributed by atoms with Gasteiger partial charge in [-0.15, -0.1) is 10.2 Å². The van der Waals surface area contributed by atoms with Gasteiger partial charge in [-0.25, -0.2) is 4.79 Å². The molecule has 4 amide bonds. The van der Waals surface area contributed by atoms with E-state index in [0.717, 1.165) is 5.56 Å². The van der Waals surface area contributed by atoms with Gasteiger partial charge < -0.3 is 26.0 Å². The lowest BCUT2D eigenvalue weighted by Crippen LogP contribution is -2.59. The third kappa shape index (κ3) is 7.81. The van der Waals surface area contributed by atoms with Crippen LogP contribution >= 0.6 is 11.3 Å². The highest BCUT2D eigenvalue weighted by Crippen LogP contribution is 2.15. The van der Waals surface area contributed by atoms with Crippen molar-refractivity contribution < 1.29 is 28.7 Å². The average Bonchev–Trinajstić information content (AvgIpc) is 3.35. The van der Waals surface area contributed by atoms with Crippen molar-refractivity contribution in [3.05, 3.63) is 45.9 Å². The monoisotopic (exact) mass is 544 g/mol. The van der Waals surface area contributed by atoms with Gasteiger partial charge in [0, 0.05) is 6.42 Å². The molecule has 3 unspecified atom stereocenters. The van der Waals surface area contributed by atoms with Crippen molar-refractivity contribution in [3.63, 3.8) is 0 Å². The number of carbonyl (C=O) groups excluding carboxylic acids is 5. The third-order valence-electron chi connectivity index (χ3n) is 5.83. The molecule has 1 aliphatic rings. The number of amides is 4. The lowest BCUT2D eigenvalue weighted by atomic mass is 9.99. The summed E-state index contributed by atoms with van der Waals surface area (Å²) in [6.45, 7) is 7.06. The SMILES string of the molecule is CC(C)C(NC(=O)OCc1ccccc1)C(=O)NC(C(=O)NC1Cc2nnc(s2)CNC(=O)C1=O)C(C)C. The predicted octanol–water partition coefficient (Wildman–Crippen LogP) is 0.856. The molecule has 2 bridgehead atoms. The van der Waals surface area contributed by atoms with E-state index in [-0.39, 0.29) is 31.4 Å². The molecular weight excluding hydrogens is 512 g/mol. The van der Waals surface area contributed by atoms with Gasteiger partial charge in [0.2, 0.25) is 17.6 Å². The molecule has 2 heterocycles. The molecule has 1 aromatic carbocycles. The molecule has 38 heavy (non-hydrogen) atoms. The Balaban J connectivity index is 1.65. The zero-order valence-corrected chi connectivity index (χ0v) is 22.5. The molecule has 3 rings (SSSR count). The predicted molar refractivity (Wildman–Crippen MR) is 138 cm³/mol. The molecule has 1 aromatic heterocycles. The van der Waals surface area contributed by atoms with Crippen LogP contribution < -0.4 is 21.3 Å². The highest BCUT2D eigenvalue weighted by molar-refractivity contribution is 7.11. The van der Waals surface area contributed by atoms with Crippen molar-refractivity contribution in [2.45, 2.75) is 65.4 Å². The lowest BCUT2D eigenvalue weighted by Gasteiger charge is -2.28. The molecule has 12 nitrogen and oxygen atoms in total. The topological polar surface area (TPSA) is 168 Å². The Morgan fingerprint density at radius 3 is 2.26 bits per heavy atom. The van der Waals surface area contributed by atoms with Crippen molar-refractivity contribution in [2.24, 2.45) is 11.8 Å². The van der Waals surface area contributed by atoms with Crippen molar-refractivity contribution in [3.8, 4) is 0 Å². The summed E-state index contributed by atoms with van der Waals surface area (Å²) in [5.41, 5.74) is 0.794. The highest BCUT2D eigenvalue weighted by Gasteiger charge is 2.35. The number of ether oxygens (including phenoxy) is 1. The molecule has 1 aliphatic heterocycles. The second-order valence-corrected chi connectivity index (χ2v) is 10.7. The van der Waals surface area contributed by atoms with Crippen LogP contribution in [-0.2, 0) is 43.5 Å². The number of hydrogen-bond donors (Lipinski definition) is 4. The number of Topliss-reactive ketones (excluding diaryl/α,β-unsaturated/α-hetero) is 1. The second-order valence-electron chi connectivity index (χ2n) is 9.56. The summed E-state index contributed by atoms with van der Waals surface area (Å²) in [4.78, 5) is 63.7. The molecule has 0 spiro atoms. The molecule has 0 fully saturated rings. The maximum absolute atomic E-state index is 13.2. The summed E-state index contributed by atoms with van der Waals surface area (Å²) in [6, 6.07) is 5.90. The van der Waals surface area contributed by atoms with E-state index in [2.05, 4.69) is 31.5 Å². The van der Waals surface area contributed by atoms with E-state index >= 15 is 0 Å². The van der Waals surface area contributed by atoms with E-state index in [9.17, 15) is 24.0 Å². The van der Waals surface area contributed by atoms with Gasteiger partial charge in [0.15, 0.2) is 0 Å². The van der Waals surface area contributed by atoms with Crippen LogP contribution in [0.1, 0.15) is 43.3 Å². The Kier molecular flexibility index (Phi) is 9.88. The summed E-state index contributed by atoms with van der Waals surface area (Å²) in [5.74, 6) is -3.57. The van der Waals surface area contributed by atoms with Gasteiger partial charge in [-0.1, -0.05) is 69.4 Å². The van der Waals surface area contributed by atoms with Crippen LogP contribution in [0.2, 0.25) is 0 Å². The second kappa shape index (κ2) is 13.1. The van der Waals surface area contributed by atoms with Crippen LogP contribution in [0.5, 0.6) is 0 Å². The minimum atomic E-state index is -1.17. The van der Waals surface area contributed by atoms with E-state index in [1.54, 1.807) is 27.7 Å². The van der Waals surface area contributed by atoms with Gasteiger partial charge in [0.05, 0.1) is 6.54 Å². The molecule has 13 heteroatoms. The summed E-state index contributed by atoms with van der Waals surface area (Å²) in [5, 5.41) is 19.3. The molecule has 0 saturated carbocycles. The molecule has 3 atom stereocenters. The van der Waals surface area contributed by atoms with Crippen LogP contribution in [0.4, 0.5) is 4.79 Å². The van der Waals surface area contributed by atoms with Crippen LogP contribution in [0, 0.1) is 11.8 Å². The Bertz CT molecular complexity index is 1170. The Morgan fingerprint density at radius 2 is 1.61 bits per heavy atom. The van der Waals surface area contributed by atoms with Crippen molar-refractivity contribution in [2.75, 3.05) is 0 Å². The first-order valence-corrected chi connectivity index (χ1v) is 13.1. The molecule has 204 valence electrons. The fraction of sp³-hybridized carbons (Fsp3) is 0.480. The standard InChI is InChI=1S/C25H32N6O6S/c1-13(2)19(22(33)27-16-10-17-30-31-18(38-17)11-26-24(35)21(16)32)28-23(34)20(14(3)4)29-25(36)37-12-15-8-6-5-7-9-15/h5-9,13-14,16,19-20H,10-12H2,1-4H3,(H,26,35)(H,27,33)(H,28,34)(H,29,36). The summed E-state index contributed by atoms with van der Waals surface area (Å²) >= 11 is 1.24. The number of fused-ring (bicyclic) bond motifs is 2. The first-order chi connectivity index (χ1) is 18.0. The summed E-state index contributed by atoms with van der Waals surface area (Å²) in [6.07, 6.45) is -0.774. The fourth-order valence-electron chi connectivity index (χ4n) is 3.69. The molecule has 4 N–H and O–H groups in total. The molecule has 0 radical (unpaired) electrons. The number of aromatic nitrogens is 2. The normalized spacial score (nSPS) is 16.9. The zero-order valence-electron chi connectivity index (χ0n) is 21.6. The number of ketones is 1. The molecular formula is C25H32N6O6S. The van der Waals surface area contributed by atoms with Gasteiger partial charge in [-0.3, -0.25) is 19.2 Å². The fourth-order valence-corrected chi connectivity index (χ4v) is 4.52. The number of carbonyl (C=O) groups is 5. The first kappa shape index (κ1) is 28.7. The molecule has 2 aromatic rings. The molecule has 0 saturated heterocycles. The lowest BCUT2D eigenvalue weighted by molar-refractivity contribution is -0.140. The maximum Gasteiger partial charge on any atom is 0.408 e. The number of rotatable bonds is 9. The van der Waals surface area contributed by atoms with Gasteiger partial charge in [-0.05, 0) is 17.4 Å². The Labute approximate surface area is 224 Å². The Hall–Kier alpha value is -3.87. The van der Waals surface area contributed by atoms with Crippen molar-refractivity contribution in [1.29, 1.82) is 0 Å². The van der Waals surface area contributed by atoms with E-state index in [4.69, 9.17) is 4.74 Å². The van der Waals surface area contributed by atoms with Gasteiger partial charge >= 0.3 is 6.09 Å². The zero-order chi connectivity index (χ0) is 27.8. The number of nitrogens with one attached hydrogen (secondary N) is 4. The van der Waals surface area contributed by atoms with Gasteiger partial charge in [0.25, 0.3) is 5.91 Å². The Morgan fingerprint density at radius 1 is 0.974 bits per heavy atom. The van der Waals surface area contributed by atoms with Crippen LogP contribution in [0.3, 0.4) is 0 Å². The smallest absolute Gasteiger partial charge is 0.408 e. The third-order valence-corrected chi connectivity index (χ3v) is 6.77. The van der Waals surface area contributed by atoms with E-state index < -0.39 is 47.7 Å². The summed E-state index contributed by atoms with van der Waals surface area (Å²) < 4.78 is 5.23. The van der Waals surface area contributed by atoms with Crippen molar-refractivity contribution >= 4 is 40.9 Å². The van der Waals surface area contributed by atoms with E-state index in [1.165, 1.54) is 11.3 Å². The van der Waals surface area contributed by atoms with E-state index in [0.29, 0.717) is 10.0 Å². The maximum atomic E-state index is 13.2. The molecule has 0 aliphatic carbocycles. The van der Waals surface area contributed by atoms with Crippen LogP contribution in [0.15, 0.2) is 30.3 Å². The average molecular weight is 545 g/mol. The number of benzene rings is 1. The first-order valence-electron chi connectivity index (χ1n) is 12.3. The number of nitrogens with zero attached hydrogens (tertiary/aromatic N) is 2. The summed E-state index contributed by atoms with van der Waals surface area (Å²) in [7, 11) is 0. The number of alkyl carbamates (subject to hydrolysis) is 1.